The Balaban J connectivity index is 2.05. The number of ether oxygens (including phenoxy) is 1. The number of pyridine rings is 1. The van der Waals surface area contributed by atoms with E-state index in [-0.39, 0.29) is 11.5 Å². The summed E-state index contributed by atoms with van der Waals surface area (Å²) in [6, 6.07) is 6.22. The van der Waals surface area contributed by atoms with E-state index in [2.05, 4.69) is 11.1 Å². The van der Waals surface area contributed by atoms with Crippen molar-refractivity contribution in [2.75, 3.05) is 6.61 Å². The van der Waals surface area contributed by atoms with Gasteiger partial charge in [-0.25, -0.2) is 0 Å². The summed E-state index contributed by atoms with van der Waals surface area (Å²) in [5.41, 5.74) is 7.83. The van der Waals surface area contributed by atoms with Crippen LogP contribution in [0.4, 0.5) is 0 Å². The maximum absolute atomic E-state index is 8.81. The number of hydrogen-bond donors (Lipinski definition) is 1. The molecule has 1 atom stereocenters. The molecule has 2 rings (SSSR count). The molecule has 0 radical (unpaired) electrons. The summed E-state index contributed by atoms with van der Waals surface area (Å²) >= 11 is 0. The second-order valence-electron chi connectivity index (χ2n) is 5.70. The monoisotopic (exact) mass is 259 g/mol. The molecule has 2 N–H and O–H groups in total. The molecule has 1 aliphatic rings. The smallest absolute Gasteiger partial charge is 0.140 e. The van der Waals surface area contributed by atoms with Gasteiger partial charge in [0.1, 0.15) is 5.75 Å². The van der Waals surface area contributed by atoms with Gasteiger partial charge in [-0.3, -0.25) is 4.98 Å². The lowest BCUT2D eigenvalue weighted by atomic mass is 10.1. The van der Waals surface area contributed by atoms with Gasteiger partial charge in [0.2, 0.25) is 0 Å². The Hall–Kier alpha value is -1.60. The fourth-order valence-corrected chi connectivity index (χ4v) is 2.13. The third kappa shape index (κ3) is 3.68. The lowest BCUT2D eigenvalue weighted by molar-refractivity contribution is 0.233. The van der Waals surface area contributed by atoms with E-state index in [0.29, 0.717) is 19.4 Å². The van der Waals surface area contributed by atoms with Crippen LogP contribution in [0.5, 0.6) is 5.75 Å². The molecular formula is C15H21N3O. The van der Waals surface area contributed by atoms with E-state index in [9.17, 15) is 0 Å². The van der Waals surface area contributed by atoms with Crippen LogP contribution in [-0.4, -0.2) is 17.6 Å². The third-order valence-electron chi connectivity index (χ3n) is 3.53. The number of aryl methyl sites for hydroxylation is 1. The van der Waals surface area contributed by atoms with E-state index in [1.165, 1.54) is 0 Å². The molecule has 4 nitrogen and oxygen atoms in total. The Morgan fingerprint density at radius 3 is 2.84 bits per heavy atom. The summed E-state index contributed by atoms with van der Waals surface area (Å²) in [6.07, 6.45) is 3.46. The highest BCUT2D eigenvalue weighted by atomic mass is 16.5. The molecule has 1 fully saturated rings. The number of nitrogens with two attached hydrogens (primary N) is 1. The summed E-state index contributed by atoms with van der Waals surface area (Å²) in [6.45, 7) is 4.54. The van der Waals surface area contributed by atoms with Crippen molar-refractivity contribution in [3.05, 3.63) is 23.5 Å². The highest BCUT2D eigenvalue weighted by Crippen LogP contribution is 2.48. The van der Waals surface area contributed by atoms with Gasteiger partial charge < -0.3 is 10.5 Å². The van der Waals surface area contributed by atoms with Crippen molar-refractivity contribution in [1.29, 1.82) is 5.26 Å². The molecule has 1 unspecified atom stereocenters. The van der Waals surface area contributed by atoms with Crippen molar-refractivity contribution in [1.82, 2.24) is 4.98 Å². The molecule has 102 valence electrons. The molecular weight excluding hydrogens is 238 g/mol. The number of rotatable bonds is 6. The van der Waals surface area contributed by atoms with Crippen LogP contribution in [0, 0.1) is 23.7 Å². The Morgan fingerprint density at radius 2 is 2.26 bits per heavy atom. The van der Waals surface area contributed by atoms with Crippen molar-refractivity contribution >= 4 is 0 Å². The predicted octanol–water partition coefficient (Wildman–Crippen LogP) is 2.35. The van der Waals surface area contributed by atoms with Crippen LogP contribution in [0.3, 0.4) is 0 Å². The maximum atomic E-state index is 8.81. The highest BCUT2D eigenvalue weighted by molar-refractivity contribution is 5.30. The Labute approximate surface area is 114 Å². The van der Waals surface area contributed by atoms with Crippen LogP contribution < -0.4 is 10.5 Å². The van der Waals surface area contributed by atoms with Gasteiger partial charge in [-0.15, -0.1) is 0 Å². The summed E-state index contributed by atoms with van der Waals surface area (Å²) in [4.78, 5) is 4.51. The first-order valence-corrected chi connectivity index (χ1v) is 6.76. The molecule has 1 aromatic heterocycles. The molecule has 1 saturated carbocycles. The van der Waals surface area contributed by atoms with Crippen LogP contribution >= 0.6 is 0 Å². The zero-order valence-corrected chi connectivity index (χ0v) is 11.6. The summed E-state index contributed by atoms with van der Waals surface area (Å²) < 4.78 is 5.90. The topological polar surface area (TPSA) is 71.9 Å². The number of hydrogen-bond acceptors (Lipinski definition) is 4. The zero-order chi connectivity index (χ0) is 13.9. The number of nitrogens with zero attached hydrogens (tertiary/aromatic N) is 2. The molecule has 1 heterocycles. The average Bonchev–Trinajstić information content (AvgIpc) is 3.08. The van der Waals surface area contributed by atoms with E-state index in [0.717, 1.165) is 30.0 Å². The summed E-state index contributed by atoms with van der Waals surface area (Å²) in [7, 11) is 0. The quantitative estimate of drug-likeness (QED) is 0.851. The van der Waals surface area contributed by atoms with E-state index in [1.54, 1.807) is 0 Å². The lowest BCUT2D eigenvalue weighted by Crippen LogP contribution is -2.20. The Bertz CT molecular complexity index is 487. The highest BCUT2D eigenvalue weighted by Gasteiger charge is 2.43. The molecule has 19 heavy (non-hydrogen) atoms. The summed E-state index contributed by atoms with van der Waals surface area (Å²) in [5, 5.41) is 8.81. The van der Waals surface area contributed by atoms with Gasteiger partial charge in [0, 0.05) is 30.0 Å². The van der Waals surface area contributed by atoms with Gasteiger partial charge >= 0.3 is 0 Å². The van der Waals surface area contributed by atoms with Crippen LogP contribution in [0.1, 0.15) is 37.6 Å². The van der Waals surface area contributed by atoms with Crippen molar-refractivity contribution < 1.29 is 4.74 Å². The molecule has 0 amide bonds. The molecule has 0 spiro atoms. The average molecular weight is 259 g/mol. The van der Waals surface area contributed by atoms with Gasteiger partial charge in [-0.1, -0.05) is 0 Å². The predicted molar refractivity (Wildman–Crippen MR) is 73.7 cm³/mol. The largest absolute Gasteiger partial charge is 0.491 e. The van der Waals surface area contributed by atoms with E-state index in [1.807, 2.05) is 26.0 Å². The number of aromatic nitrogens is 1. The first kappa shape index (κ1) is 13.8. The van der Waals surface area contributed by atoms with Crippen molar-refractivity contribution in [2.24, 2.45) is 11.1 Å². The fourth-order valence-electron chi connectivity index (χ4n) is 2.13. The molecule has 0 saturated heterocycles. The second-order valence-corrected chi connectivity index (χ2v) is 5.70. The first-order valence-electron chi connectivity index (χ1n) is 6.76. The maximum Gasteiger partial charge on any atom is 0.140 e. The van der Waals surface area contributed by atoms with Crippen molar-refractivity contribution in [3.63, 3.8) is 0 Å². The van der Waals surface area contributed by atoms with Crippen LogP contribution in [-0.2, 0) is 6.42 Å². The Kier molecular flexibility index (Phi) is 4.06. The first-order chi connectivity index (χ1) is 9.04. The van der Waals surface area contributed by atoms with Gasteiger partial charge in [-0.05, 0) is 38.8 Å². The van der Waals surface area contributed by atoms with E-state index >= 15 is 0 Å². The normalized spacial score (nSPS) is 17.6. The van der Waals surface area contributed by atoms with Gasteiger partial charge in [-0.2, -0.15) is 5.26 Å². The van der Waals surface area contributed by atoms with Crippen LogP contribution in [0.15, 0.2) is 12.1 Å². The van der Waals surface area contributed by atoms with Crippen molar-refractivity contribution in [3.8, 4) is 11.8 Å². The van der Waals surface area contributed by atoms with Crippen LogP contribution in [0.2, 0.25) is 0 Å². The minimum absolute atomic E-state index is 0.0608. The van der Waals surface area contributed by atoms with Gasteiger partial charge in [0.15, 0.2) is 0 Å². The molecule has 0 aliphatic heterocycles. The van der Waals surface area contributed by atoms with Gasteiger partial charge in [0.25, 0.3) is 0 Å². The standard InChI is InChI=1S/C15H21N3O/c1-11(17)9-13-14(4-3-12(2)18-13)19-10-15(5-6-15)7-8-16/h3-4,11H,5-7,9-10,17H2,1-2H3. The molecule has 0 aromatic carbocycles. The number of nitriles is 1. The molecule has 4 heteroatoms. The van der Waals surface area contributed by atoms with Crippen LogP contribution in [0.25, 0.3) is 0 Å². The Morgan fingerprint density at radius 1 is 1.53 bits per heavy atom. The molecule has 0 bridgehead atoms. The van der Waals surface area contributed by atoms with Gasteiger partial charge in [0.05, 0.1) is 18.4 Å². The third-order valence-corrected chi connectivity index (χ3v) is 3.53. The fraction of sp³-hybridized carbons (Fsp3) is 0.600. The van der Waals surface area contributed by atoms with Crippen molar-refractivity contribution in [2.45, 2.75) is 45.6 Å². The second kappa shape index (κ2) is 5.58. The SMILES string of the molecule is Cc1ccc(OCC2(CC#N)CC2)c(CC(C)N)n1. The summed E-state index contributed by atoms with van der Waals surface area (Å²) in [5.74, 6) is 0.812. The minimum Gasteiger partial charge on any atom is -0.491 e. The van der Waals surface area contributed by atoms with E-state index < -0.39 is 0 Å². The van der Waals surface area contributed by atoms with E-state index in [4.69, 9.17) is 15.7 Å². The lowest BCUT2D eigenvalue weighted by Gasteiger charge is -2.16. The minimum atomic E-state index is 0.0608. The zero-order valence-electron chi connectivity index (χ0n) is 11.6. The molecule has 1 aromatic rings. The molecule has 1 aliphatic carbocycles.